The minimum Gasteiger partial charge on any atom is -0.353 e. The van der Waals surface area contributed by atoms with Crippen molar-refractivity contribution in [2.24, 2.45) is 0 Å². The summed E-state index contributed by atoms with van der Waals surface area (Å²) in [7, 11) is 0. The van der Waals surface area contributed by atoms with Crippen LogP contribution in [0.3, 0.4) is 0 Å². The second-order valence-corrected chi connectivity index (χ2v) is 5.04. The molecule has 1 aliphatic heterocycles. The van der Waals surface area contributed by atoms with Crippen molar-refractivity contribution in [3.8, 4) is 0 Å². The van der Waals surface area contributed by atoms with E-state index in [0.717, 1.165) is 29.7 Å². The highest BCUT2D eigenvalue weighted by atomic mass is 16.2. The first-order valence-electron chi connectivity index (χ1n) is 7.00. The molecule has 1 aromatic heterocycles. The molecular weight excluding hydrogens is 252 g/mol. The van der Waals surface area contributed by atoms with Gasteiger partial charge in [-0.1, -0.05) is 19.1 Å². The van der Waals surface area contributed by atoms with Gasteiger partial charge in [-0.05, 0) is 18.6 Å². The zero-order valence-electron chi connectivity index (χ0n) is 11.5. The van der Waals surface area contributed by atoms with Crippen LogP contribution in [0, 0.1) is 0 Å². The van der Waals surface area contributed by atoms with Gasteiger partial charge in [-0.25, -0.2) is 4.98 Å². The van der Waals surface area contributed by atoms with Crippen molar-refractivity contribution in [3.63, 3.8) is 0 Å². The molecule has 1 saturated heterocycles. The van der Waals surface area contributed by atoms with Crippen LogP contribution in [0.25, 0.3) is 11.0 Å². The summed E-state index contributed by atoms with van der Waals surface area (Å²) in [4.78, 5) is 23.1. The molecule has 0 saturated carbocycles. The SMILES string of the molecule is CCC1C(=O)NCCN1Cc1cnc2ccccc2n1. The van der Waals surface area contributed by atoms with Crippen molar-refractivity contribution in [1.29, 1.82) is 0 Å². The summed E-state index contributed by atoms with van der Waals surface area (Å²) in [5.41, 5.74) is 2.72. The molecule has 0 aliphatic carbocycles. The fourth-order valence-electron chi connectivity index (χ4n) is 2.67. The Hall–Kier alpha value is -2.01. The molecule has 1 N–H and O–H groups in total. The van der Waals surface area contributed by atoms with Gasteiger partial charge in [-0.15, -0.1) is 0 Å². The fraction of sp³-hybridized carbons (Fsp3) is 0.400. The van der Waals surface area contributed by atoms with Gasteiger partial charge in [0.25, 0.3) is 0 Å². The van der Waals surface area contributed by atoms with Gasteiger partial charge >= 0.3 is 0 Å². The Bertz CT molecular complexity index is 628. The third kappa shape index (κ3) is 2.49. The largest absolute Gasteiger partial charge is 0.353 e. The van der Waals surface area contributed by atoms with Gasteiger partial charge in [0.2, 0.25) is 5.91 Å². The van der Waals surface area contributed by atoms with E-state index in [-0.39, 0.29) is 11.9 Å². The summed E-state index contributed by atoms with van der Waals surface area (Å²) < 4.78 is 0. The molecule has 1 fully saturated rings. The standard InChI is InChI=1S/C15H18N4O/c1-2-14-15(20)16-7-8-19(14)10-11-9-17-12-5-3-4-6-13(12)18-11/h3-6,9,14H,2,7-8,10H2,1H3,(H,16,20). The van der Waals surface area contributed by atoms with Gasteiger partial charge in [-0.3, -0.25) is 14.7 Å². The first-order valence-corrected chi connectivity index (χ1v) is 7.00. The number of para-hydroxylation sites is 2. The van der Waals surface area contributed by atoms with E-state index < -0.39 is 0 Å². The summed E-state index contributed by atoms with van der Waals surface area (Å²) in [6.07, 6.45) is 2.62. The Labute approximate surface area is 118 Å². The van der Waals surface area contributed by atoms with Crippen molar-refractivity contribution in [1.82, 2.24) is 20.2 Å². The predicted molar refractivity (Wildman–Crippen MR) is 77.0 cm³/mol. The highest BCUT2D eigenvalue weighted by Crippen LogP contribution is 2.14. The number of fused-ring (bicyclic) bond motifs is 1. The van der Waals surface area contributed by atoms with Crippen molar-refractivity contribution in [2.75, 3.05) is 13.1 Å². The van der Waals surface area contributed by atoms with Crippen LogP contribution in [-0.2, 0) is 11.3 Å². The smallest absolute Gasteiger partial charge is 0.237 e. The number of hydrogen-bond acceptors (Lipinski definition) is 4. The second kappa shape index (κ2) is 5.54. The van der Waals surface area contributed by atoms with Crippen LogP contribution in [0.4, 0.5) is 0 Å². The van der Waals surface area contributed by atoms with Gasteiger partial charge in [0.15, 0.2) is 0 Å². The maximum absolute atomic E-state index is 11.8. The van der Waals surface area contributed by atoms with E-state index in [1.165, 1.54) is 0 Å². The van der Waals surface area contributed by atoms with E-state index >= 15 is 0 Å². The maximum Gasteiger partial charge on any atom is 0.237 e. The lowest BCUT2D eigenvalue weighted by molar-refractivity contribution is -0.129. The third-order valence-electron chi connectivity index (χ3n) is 3.69. The Balaban J connectivity index is 1.82. The summed E-state index contributed by atoms with van der Waals surface area (Å²) >= 11 is 0. The molecule has 1 aromatic carbocycles. The average Bonchev–Trinajstić information content (AvgIpc) is 2.47. The van der Waals surface area contributed by atoms with Crippen molar-refractivity contribution < 1.29 is 4.79 Å². The molecule has 0 radical (unpaired) electrons. The molecule has 5 heteroatoms. The number of aromatic nitrogens is 2. The minimum atomic E-state index is -0.0583. The first kappa shape index (κ1) is 13.0. The fourth-order valence-corrected chi connectivity index (χ4v) is 2.67. The zero-order valence-corrected chi connectivity index (χ0v) is 11.5. The van der Waals surface area contributed by atoms with Crippen molar-refractivity contribution >= 4 is 16.9 Å². The van der Waals surface area contributed by atoms with Gasteiger partial charge in [0.1, 0.15) is 0 Å². The Morgan fingerprint density at radius 2 is 2.15 bits per heavy atom. The lowest BCUT2D eigenvalue weighted by Crippen LogP contribution is -2.54. The lowest BCUT2D eigenvalue weighted by atomic mass is 10.1. The molecular formula is C15H18N4O. The number of amides is 1. The van der Waals surface area contributed by atoms with E-state index in [2.05, 4.69) is 20.2 Å². The molecule has 20 heavy (non-hydrogen) atoms. The molecule has 2 aromatic rings. The van der Waals surface area contributed by atoms with E-state index in [1.54, 1.807) is 0 Å². The van der Waals surface area contributed by atoms with Crippen molar-refractivity contribution in [2.45, 2.75) is 25.9 Å². The van der Waals surface area contributed by atoms with Crippen molar-refractivity contribution in [3.05, 3.63) is 36.2 Å². The molecule has 0 spiro atoms. The quantitative estimate of drug-likeness (QED) is 0.914. The van der Waals surface area contributed by atoms with Crippen LogP contribution in [-0.4, -0.2) is 39.9 Å². The average molecular weight is 270 g/mol. The molecule has 2 heterocycles. The molecule has 1 aliphatic rings. The monoisotopic (exact) mass is 270 g/mol. The topological polar surface area (TPSA) is 58.1 Å². The van der Waals surface area contributed by atoms with Gasteiger partial charge in [-0.2, -0.15) is 0 Å². The molecule has 5 nitrogen and oxygen atoms in total. The number of carbonyl (C=O) groups is 1. The van der Waals surface area contributed by atoms with Crippen LogP contribution < -0.4 is 5.32 Å². The zero-order chi connectivity index (χ0) is 13.9. The van der Waals surface area contributed by atoms with Gasteiger partial charge < -0.3 is 5.32 Å². The maximum atomic E-state index is 11.8. The van der Waals surface area contributed by atoms with Crippen LogP contribution >= 0.6 is 0 Å². The highest BCUT2D eigenvalue weighted by Gasteiger charge is 2.28. The van der Waals surface area contributed by atoms with E-state index in [0.29, 0.717) is 13.1 Å². The normalized spacial score (nSPS) is 20.1. The lowest BCUT2D eigenvalue weighted by Gasteiger charge is -2.34. The summed E-state index contributed by atoms with van der Waals surface area (Å²) in [5, 5.41) is 2.91. The number of carbonyl (C=O) groups excluding carboxylic acids is 1. The molecule has 1 unspecified atom stereocenters. The van der Waals surface area contributed by atoms with E-state index in [4.69, 9.17) is 0 Å². The number of rotatable bonds is 3. The van der Waals surface area contributed by atoms with E-state index in [9.17, 15) is 4.79 Å². The summed E-state index contributed by atoms with van der Waals surface area (Å²) in [6.45, 7) is 4.27. The number of nitrogens with zero attached hydrogens (tertiary/aromatic N) is 3. The Kier molecular flexibility index (Phi) is 3.60. The molecule has 104 valence electrons. The molecule has 0 bridgehead atoms. The Morgan fingerprint density at radius 3 is 2.95 bits per heavy atom. The predicted octanol–water partition coefficient (Wildman–Crippen LogP) is 1.34. The Morgan fingerprint density at radius 1 is 1.35 bits per heavy atom. The second-order valence-electron chi connectivity index (χ2n) is 5.04. The number of benzene rings is 1. The molecule has 3 rings (SSSR count). The van der Waals surface area contributed by atoms with Gasteiger partial charge in [0, 0.05) is 19.6 Å². The third-order valence-corrected chi connectivity index (χ3v) is 3.69. The number of piperazine rings is 1. The van der Waals surface area contributed by atoms with Crippen LogP contribution in [0.1, 0.15) is 19.0 Å². The van der Waals surface area contributed by atoms with Crippen LogP contribution in [0.15, 0.2) is 30.5 Å². The number of nitrogens with one attached hydrogen (secondary N) is 1. The number of hydrogen-bond donors (Lipinski definition) is 1. The summed E-state index contributed by atoms with van der Waals surface area (Å²) in [6, 6.07) is 7.78. The van der Waals surface area contributed by atoms with E-state index in [1.807, 2.05) is 37.4 Å². The van der Waals surface area contributed by atoms with Crippen LogP contribution in [0.5, 0.6) is 0 Å². The molecule has 1 atom stereocenters. The molecule has 1 amide bonds. The first-order chi connectivity index (χ1) is 9.78. The highest BCUT2D eigenvalue weighted by molar-refractivity contribution is 5.82. The minimum absolute atomic E-state index is 0.0583. The summed E-state index contributed by atoms with van der Waals surface area (Å²) in [5.74, 6) is 0.118. The van der Waals surface area contributed by atoms with Crippen LogP contribution in [0.2, 0.25) is 0 Å². The van der Waals surface area contributed by atoms with Gasteiger partial charge in [0.05, 0.1) is 29.0 Å².